The number of carbonyl (C=O) groups excluding carboxylic acids is 2. The van der Waals surface area contributed by atoms with Crippen LogP contribution in [0.1, 0.15) is 16.7 Å². The third kappa shape index (κ3) is 4.12. The number of fused-ring (bicyclic) bond motifs is 1. The van der Waals surface area contributed by atoms with Gasteiger partial charge in [0, 0.05) is 23.8 Å². The molecule has 3 amide bonds. The van der Waals surface area contributed by atoms with Gasteiger partial charge in [0.05, 0.1) is 6.54 Å². The molecule has 0 aromatic heterocycles. The maximum absolute atomic E-state index is 12.3. The molecule has 1 heterocycles. The number of rotatable bonds is 3. The summed E-state index contributed by atoms with van der Waals surface area (Å²) in [7, 11) is 0. The lowest BCUT2D eigenvalue weighted by molar-refractivity contribution is -0.115. The first-order valence-corrected chi connectivity index (χ1v) is 8.57. The van der Waals surface area contributed by atoms with Crippen LogP contribution in [0.3, 0.4) is 0 Å². The number of hydrogen-bond donors (Lipinski definition) is 2. The summed E-state index contributed by atoms with van der Waals surface area (Å²) in [6, 6.07) is 13.2. The van der Waals surface area contributed by atoms with Crippen LogP contribution in [0, 0.1) is 6.92 Å². The van der Waals surface area contributed by atoms with E-state index >= 15 is 0 Å². The van der Waals surface area contributed by atoms with E-state index < -0.39 is 0 Å². The highest BCUT2D eigenvalue weighted by atomic mass is 35.5. The topological polar surface area (TPSA) is 61.4 Å². The Bertz CT molecular complexity index is 807. The molecule has 1 aliphatic rings. The normalized spacial score (nSPS) is 13.1. The summed E-state index contributed by atoms with van der Waals surface area (Å²) >= 11 is 6.04. The Kier molecular flexibility index (Phi) is 5.24. The first kappa shape index (κ1) is 17.3. The summed E-state index contributed by atoms with van der Waals surface area (Å²) in [6.45, 7) is 2.97. The van der Waals surface area contributed by atoms with Crippen molar-refractivity contribution in [1.82, 2.24) is 10.2 Å². The lowest BCUT2D eigenvalue weighted by Gasteiger charge is -2.28. The van der Waals surface area contributed by atoms with E-state index in [0.29, 0.717) is 23.8 Å². The molecule has 2 aromatic carbocycles. The zero-order valence-electron chi connectivity index (χ0n) is 14.0. The second-order valence-corrected chi connectivity index (χ2v) is 6.47. The van der Waals surface area contributed by atoms with Gasteiger partial charge in [-0.1, -0.05) is 41.9 Å². The Morgan fingerprint density at radius 2 is 1.88 bits per heavy atom. The van der Waals surface area contributed by atoms with Crippen molar-refractivity contribution in [3.8, 4) is 0 Å². The molecule has 0 unspecified atom stereocenters. The Morgan fingerprint density at radius 3 is 2.68 bits per heavy atom. The quantitative estimate of drug-likeness (QED) is 0.884. The Labute approximate surface area is 152 Å². The SMILES string of the molecule is Cc1c(Cl)cccc1NC(=O)CNC(=O)N1CCc2ccccc2C1. The molecule has 0 bridgehead atoms. The molecule has 1 aliphatic heterocycles. The summed E-state index contributed by atoms with van der Waals surface area (Å²) in [6.07, 6.45) is 0.831. The molecule has 3 rings (SSSR count). The van der Waals surface area contributed by atoms with E-state index in [1.807, 2.05) is 25.1 Å². The Balaban J connectivity index is 1.52. The van der Waals surface area contributed by atoms with Gasteiger partial charge >= 0.3 is 6.03 Å². The number of hydrogen-bond acceptors (Lipinski definition) is 2. The van der Waals surface area contributed by atoms with Gasteiger partial charge < -0.3 is 15.5 Å². The lowest BCUT2D eigenvalue weighted by atomic mass is 10.0. The van der Waals surface area contributed by atoms with Gasteiger partial charge in [-0.2, -0.15) is 0 Å². The molecule has 25 heavy (non-hydrogen) atoms. The second kappa shape index (κ2) is 7.57. The molecule has 0 spiro atoms. The van der Waals surface area contributed by atoms with Gasteiger partial charge in [-0.25, -0.2) is 4.79 Å². The van der Waals surface area contributed by atoms with E-state index in [2.05, 4.69) is 16.7 Å². The van der Waals surface area contributed by atoms with Gasteiger partial charge in [-0.3, -0.25) is 4.79 Å². The fourth-order valence-electron chi connectivity index (χ4n) is 2.87. The van der Waals surface area contributed by atoms with Crippen LogP contribution in [-0.2, 0) is 17.8 Å². The maximum Gasteiger partial charge on any atom is 0.318 e. The number of amides is 3. The van der Waals surface area contributed by atoms with Crippen molar-refractivity contribution in [1.29, 1.82) is 0 Å². The fraction of sp³-hybridized carbons (Fsp3) is 0.263. The monoisotopic (exact) mass is 357 g/mol. The van der Waals surface area contributed by atoms with Gasteiger partial charge in [0.1, 0.15) is 0 Å². The van der Waals surface area contributed by atoms with E-state index in [1.54, 1.807) is 23.1 Å². The first-order chi connectivity index (χ1) is 12.0. The van der Waals surface area contributed by atoms with Crippen LogP contribution in [0.2, 0.25) is 5.02 Å². The van der Waals surface area contributed by atoms with Gasteiger partial charge in [-0.05, 0) is 42.2 Å². The summed E-state index contributed by atoms with van der Waals surface area (Å²) in [5, 5.41) is 6.04. The predicted molar refractivity (Wildman–Crippen MR) is 98.8 cm³/mol. The number of urea groups is 1. The standard InChI is InChI=1S/C19H20ClN3O2/c1-13-16(20)7-4-8-17(13)22-18(24)11-21-19(25)23-10-9-14-5-2-3-6-15(14)12-23/h2-8H,9-12H2,1H3,(H,21,25)(H,22,24). The van der Waals surface area contributed by atoms with Crippen LogP contribution in [0.5, 0.6) is 0 Å². The molecule has 0 atom stereocenters. The van der Waals surface area contributed by atoms with E-state index in [1.165, 1.54) is 5.56 Å². The summed E-state index contributed by atoms with van der Waals surface area (Å²) in [5.74, 6) is -0.281. The maximum atomic E-state index is 12.3. The molecular formula is C19H20ClN3O2. The van der Waals surface area contributed by atoms with Crippen molar-refractivity contribution in [2.24, 2.45) is 0 Å². The number of nitrogens with zero attached hydrogens (tertiary/aromatic N) is 1. The van der Waals surface area contributed by atoms with Crippen molar-refractivity contribution in [2.75, 3.05) is 18.4 Å². The van der Waals surface area contributed by atoms with Crippen molar-refractivity contribution >= 4 is 29.2 Å². The van der Waals surface area contributed by atoms with Crippen LogP contribution in [0.25, 0.3) is 0 Å². The third-order valence-electron chi connectivity index (χ3n) is 4.36. The summed E-state index contributed by atoms with van der Waals surface area (Å²) in [5.41, 5.74) is 3.89. The molecule has 0 saturated heterocycles. The average Bonchev–Trinajstić information content (AvgIpc) is 2.63. The minimum atomic E-state index is -0.281. The van der Waals surface area contributed by atoms with E-state index in [0.717, 1.165) is 17.5 Å². The molecule has 0 saturated carbocycles. The number of nitrogens with one attached hydrogen (secondary N) is 2. The minimum Gasteiger partial charge on any atom is -0.329 e. The highest BCUT2D eigenvalue weighted by Gasteiger charge is 2.20. The lowest BCUT2D eigenvalue weighted by Crippen LogP contribution is -2.45. The van der Waals surface area contributed by atoms with E-state index in [-0.39, 0.29) is 18.5 Å². The zero-order valence-corrected chi connectivity index (χ0v) is 14.8. The summed E-state index contributed by atoms with van der Waals surface area (Å²) < 4.78 is 0. The molecule has 0 fully saturated rings. The summed E-state index contributed by atoms with van der Waals surface area (Å²) in [4.78, 5) is 26.1. The van der Waals surface area contributed by atoms with Crippen LogP contribution in [0.15, 0.2) is 42.5 Å². The molecule has 130 valence electrons. The van der Waals surface area contributed by atoms with Crippen LogP contribution in [0.4, 0.5) is 10.5 Å². The second-order valence-electron chi connectivity index (χ2n) is 6.06. The fourth-order valence-corrected chi connectivity index (χ4v) is 3.05. The molecule has 5 nitrogen and oxygen atoms in total. The van der Waals surface area contributed by atoms with Crippen molar-refractivity contribution in [2.45, 2.75) is 19.9 Å². The number of anilines is 1. The van der Waals surface area contributed by atoms with E-state index in [4.69, 9.17) is 11.6 Å². The molecule has 2 aromatic rings. The largest absolute Gasteiger partial charge is 0.329 e. The van der Waals surface area contributed by atoms with Gasteiger partial charge in [0.15, 0.2) is 0 Å². The average molecular weight is 358 g/mol. The van der Waals surface area contributed by atoms with Gasteiger partial charge in [-0.15, -0.1) is 0 Å². The first-order valence-electron chi connectivity index (χ1n) is 8.19. The Hall–Kier alpha value is -2.53. The molecule has 6 heteroatoms. The number of carbonyl (C=O) groups is 2. The molecule has 2 N–H and O–H groups in total. The van der Waals surface area contributed by atoms with Gasteiger partial charge in [0.25, 0.3) is 0 Å². The highest BCUT2D eigenvalue weighted by molar-refractivity contribution is 6.31. The van der Waals surface area contributed by atoms with Crippen molar-refractivity contribution < 1.29 is 9.59 Å². The van der Waals surface area contributed by atoms with Crippen molar-refractivity contribution in [3.05, 3.63) is 64.2 Å². The molecule has 0 radical (unpaired) electrons. The van der Waals surface area contributed by atoms with E-state index in [9.17, 15) is 9.59 Å². The molecular weight excluding hydrogens is 338 g/mol. The zero-order chi connectivity index (χ0) is 17.8. The Morgan fingerprint density at radius 1 is 1.12 bits per heavy atom. The van der Waals surface area contributed by atoms with Crippen LogP contribution in [-0.4, -0.2) is 29.9 Å². The minimum absolute atomic E-state index is 0.0804. The van der Waals surface area contributed by atoms with Crippen LogP contribution < -0.4 is 10.6 Å². The number of halogens is 1. The predicted octanol–water partition coefficient (Wildman–Crippen LogP) is 3.35. The third-order valence-corrected chi connectivity index (χ3v) is 4.77. The smallest absolute Gasteiger partial charge is 0.318 e. The number of benzene rings is 2. The molecule has 0 aliphatic carbocycles. The van der Waals surface area contributed by atoms with Crippen LogP contribution >= 0.6 is 11.6 Å². The van der Waals surface area contributed by atoms with Gasteiger partial charge in [0.2, 0.25) is 5.91 Å². The van der Waals surface area contributed by atoms with Crippen molar-refractivity contribution in [3.63, 3.8) is 0 Å². The highest BCUT2D eigenvalue weighted by Crippen LogP contribution is 2.22.